The number of hydrogen-bond donors (Lipinski definition) is 1. The lowest BCUT2D eigenvalue weighted by molar-refractivity contribution is 0.182. The maximum Gasteiger partial charge on any atom is 0.132 e. The first-order valence-electron chi connectivity index (χ1n) is 10.4. The van der Waals surface area contributed by atoms with Gasteiger partial charge in [0.2, 0.25) is 0 Å². The van der Waals surface area contributed by atoms with E-state index in [0.29, 0.717) is 6.61 Å². The molecule has 4 aromatic carbocycles. The average molecular weight is 408 g/mol. The molecule has 0 aliphatic carbocycles. The predicted molar refractivity (Wildman–Crippen MR) is 122 cm³/mol. The van der Waals surface area contributed by atoms with Gasteiger partial charge < -0.3 is 14.6 Å². The van der Waals surface area contributed by atoms with Crippen molar-refractivity contribution < 1.29 is 14.6 Å². The molecule has 0 saturated carbocycles. The van der Waals surface area contributed by atoms with Crippen LogP contribution in [0.5, 0.6) is 17.2 Å². The van der Waals surface area contributed by atoms with Gasteiger partial charge >= 0.3 is 0 Å². The van der Waals surface area contributed by atoms with Crippen LogP contribution in [0.15, 0.2) is 91.0 Å². The Morgan fingerprint density at radius 1 is 0.774 bits per heavy atom. The first-order valence-corrected chi connectivity index (χ1v) is 10.4. The van der Waals surface area contributed by atoms with E-state index in [-0.39, 0.29) is 5.75 Å². The van der Waals surface area contributed by atoms with Crippen LogP contribution >= 0.6 is 0 Å². The van der Waals surface area contributed by atoms with E-state index >= 15 is 0 Å². The third-order valence-corrected chi connectivity index (χ3v) is 6.12. The van der Waals surface area contributed by atoms with Crippen LogP contribution in [0, 0.1) is 6.92 Å². The van der Waals surface area contributed by atoms with Crippen LogP contribution < -0.4 is 4.74 Å². The summed E-state index contributed by atoms with van der Waals surface area (Å²) in [5, 5.41) is 10.7. The molecule has 3 heteroatoms. The molecule has 0 spiro atoms. The van der Waals surface area contributed by atoms with Crippen molar-refractivity contribution >= 4 is 0 Å². The maximum atomic E-state index is 10.7. The van der Waals surface area contributed by atoms with Gasteiger partial charge in [-0.05, 0) is 41.8 Å². The van der Waals surface area contributed by atoms with Crippen molar-refractivity contribution in [3.63, 3.8) is 0 Å². The van der Waals surface area contributed by atoms with E-state index in [1.807, 2.05) is 37.3 Å². The fourth-order valence-corrected chi connectivity index (χ4v) is 4.81. The van der Waals surface area contributed by atoms with Crippen molar-refractivity contribution in [1.82, 2.24) is 0 Å². The van der Waals surface area contributed by atoms with E-state index < -0.39 is 5.41 Å². The molecule has 0 unspecified atom stereocenters. The summed E-state index contributed by atoms with van der Waals surface area (Å²) in [5.74, 6) is 1.95. The summed E-state index contributed by atoms with van der Waals surface area (Å²) in [5.41, 5.74) is 5.38. The zero-order valence-electron chi connectivity index (χ0n) is 17.6. The van der Waals surface area contributed by atoms with Crippen LogP contribution in [-0.4, -0.2) is 12.2 Å². The lowest BCUT2D eigenvalue weighted by Crippen LogP contribution is -2.34. The van der Waals surface area contributed by atoms with Gasteiger partial charge in [0.05, 0.1) is 12.0 Å². The van der Waals surface area contributed by atoms with Gasteiger partial charge in [0, 0.05) is 23.8 Å². The number of phenolic OH excluding ortho intramolecular Hbond substituents is 1. The van der Waals surface area contributed by atoms with Crippen LogP contribution in [0.3, 0.4) is 0 Å². The topological polar surface area (TPSA) is 38.7 Å². The summed E-state index contributed by atoms with van der Waals surface area (Å²) in [6, 6.07) is 31.1. The van der Waals surface area contributed by atoms with Crippen molar-refractivity contribution in [3.05, 3.63) is 124 Å². The van der Waals surface area contributed by atoms with E-state index in [4.69, 9.17) is 9.47 Å². The van der Waals surface area contributed by atoms with Crippen molar-refractivity contribution in [2.75, 3.05) is 7.11 Å². The van der Waals surface area contributed by atoms with Crippen LogP contribution in [0.4, 0.5) is 0 Å². The summed E-state index contributed by atoms with van der Waals surface area (Å²) in [6.07, 6.45) is 0. The molecule has 0 amide bonds. The highest BCUT2D eigenvalue weighted by atomic mass is 16.5. The van der Waals surface area contributed by atoms with E-state index in [0.717, 1.165) is 44.9 Å². The minimum Gasteiger partial charge on any atom is -0.507 e. The molecule has 0 saturated heterocycles. The second-order valence-corrected chi connectivity index (χ2v) is 7.94. The van der Waals surface area contributed by atoms with Gasteiger partial charge in [-0.15, -0.1) is 0 Å². The van der Waals surface area contributed by atoms with E-state index in [1.54, 1.807) is 7.11 Å². The highest BCUT2D eigenvalue weighted by molar-refractivity contribution is 5.70. The summed E-state index contributed by atoms with van der Waals surface area (Å²) in [6.45, 7) is 2.28. The van der Waals surface area contributed by atoms with Gasteiger partial charge in [0.1, 0.15) is 17.2 Å². The van der Waals surface area contributed by atoms with Crippen molar-refractivity contribution in [1.29, 1.82) is 0 Å². The van der Waals surface area contributed by atoms with E-state index in [1.165, 1.54) is 0 Å². The predicted octanol–water partition coefficient (Wildman–Crippen LogP) is 6.34. The Bertz CT molecular complexity index is 1200. The molecule has 1 aliphatic heterocycles. The average Bonchev–Trinajstić information content (AvgIpc) is 2.81. The van der Waals surface area contributed by atoms with Gasteiger partial charge in [-0.2, -0.15) is 0 Å². The Balaban J connectivity index is 1.95. The molecule has 4 aromatic rings. The monoisotopic (exact) mass is 408 g/mol. The van der Waals surface area contributed by atoms with Crippen LogP contribution in [0.25, 0.3) is 0 Å². The summed E-state index contributed by atoms with van der Waals surface area (Å²) in [4.78, 5) is 0. The maximum absolute atomic E-state index is 10.7. The van der Waals surface area contributed by atoms with Gasteiger partial charge in [-0.1, -0.05) is 72.8 Å². The fourth-order valence-electron chi connectivity index (χ4n) is 4.81. The number of phenols is 1. The Morgan fingerprint density at radius 2 is 1.35 bits per heavy atom. The standard InChI is InChI=1S/C28H24O3/c1-19-16-22(17-20(18-30-2)27(19)29)28(21-10-4-3-5-11-21)23-12-6-8-14-25(23)31-26-15-9-7-13-24(26)28/h3-17,29H,18H2,1-2H3. The number of fused-ring (bicyclic) bond motifs is 2. The summed E-state index contributed by atoms with van der Waals surface area (Å²) >= 11 is 0. The minimum atomic E-state index is -0.590. The third kappa shape index (κ3) is 2.93. The molecule has 0 atom stereocenters. The number of aromatic hydroxyl groups is 1. The number of para-hydroxylation sites is 2. The SMILES string of the molecule is COCc1cc(C2(c3ccccc3)c3ccccc3Oc3ccccc32)cc(C)c1O. The molecule has 1 aliphatic rings. The Hall–Kier alpha value is -3.56. The lowest BCUT2D eigenvalue weighted by Gasteiger charge is -2.41. The number of aryl methyl sites for hydroxylation is 1. The zero-order valence-corrected chi connectivity index (χ0v) is 17.6. The third-order valence-electron chi connectivity index (χ3n) is 6.12. The van der Waals surface area contributed by atoms with Crippen LogP contribution in [-0.2, 0) is 16.8 Å². The Morgan fingerprint density at radius 3 is 1.97 bits per heavy atom. The number of methoxy groups -OCH3 is 1. The van der Waals surface area contributed by atoms with Crippen molar-refractivity contribution in [3.8, 4) is 17.2 Å². The zero-order chi connectivity index (χ0) is 21.4. The number of ether oxygens (including phenoxy) is 2. The Labute approximate surface area is 182 Å². The number of hydrogen-bond acceptors (Lipinski definition) is 3. The number of rotatable bonds is 4. The largest absolute Gasteiger partial charge is 0.507 e. The van der Waals surface area contributed by atoms with Gasteiger partial charge in [-0.25, -0.2) is 0 Å². The fraction of sp³-hybridized carbons (Fsp3) is 0.143. The highest BCUT2D eigenvalue weighted by Crippen LogP contribution is 2.55. The van der Waals surface area contributed by atoms with Crippen molar-refractivity contribution in [2.45, 2.75) is 18.9 Å². The summed E-state index contributed by atoms with van der Waals surface area (Å²) in [7, 11) is 1.65. The molecule has 0 bridgehead atoms. The molecular weight excluding hydrogens is 384 g/mol. The van der Waals surface area contributed by atoms with Gasteiger partial charge in [-0.3, -0.25) is 0 Å². The van der Waals surface area contributed by atoms with Crippen LogP contribution in [0.2, 0.25) is 0 Å². The van der Waals surface area contributed by atoms with Gasteiger partial charge in [0.15, 0.2) is 0 Å². The summed E-state index contributed by atoms with van der Waals surface area (Å²) < 4.78 is 11.7. The van der Waals surface area contributed by atoms with Crippen LogP contribution in [0.1, 0.15) is 33.4 Å². The molecular formula is C28H24O3. The molecule has 154 valence electrons. The quantitative estimate of drug-likeness (QED) is 0.377. The normalized spacial score (nSPS) is 13.7. The smallest absolute Gasteiger partial charge is 0.132 e. The molecule has 3 nitrogen and oxygen atoms in total. The lowest BCUT2D eigenvalue weighted by atomic mass is 9.63. The first kappa shape index (κ1) is 19.4. The molecule has 1 heterocycles. The van der Waals surface area contributed by atoms with E-state index in [2.05, 4.69) is 60.7 Å². The second kappa shape index (κ2) is 7.60. The van der Waals surface area contributed by atoms with Gasteiger partial charge in [0.25, 0.3) is 0 Å². The molecule has 5 rings (SSSR count). The molecule has 31 heavy (non-hydrogen) atoms. The molecule has 0 fully saturated rings. The molecule has 0 radical (unpaired) electrons. The minimum absolute atomic E-state index is 0.280. The Kier molecular flexibility index (Phi) is 4.76. The highest BCUT2D eigenvalue weighted by Gasteiger charge is 2.45. The molecule has 1 N–H and O–H groups in total. The second-order valence-electron chi connectivity index (χ2n) is 7.94. The first-order chi connectivity index (χ1) is 15.2. The molecule has 0 aromatic heterocycles. The van der Waals surface area contributed by atoms with Crippen molar-refractivity contribution in [2.24, 2.45) is 0 Å². The van der Waals surface area contributed by atoms with E-state index in [9.17, 15) is 5.11 Å². The number of benzene rings is 4.